The normalized spacial score (nSPS) is 10.7. The molecule has 1 aromatic heterocycles. The number of fused-ring (bicyclic) bond motifs is 1. The molecule has 0 aliphatic carbocycles. The molecule has 2 aromatic rings. The van der Waals surface area contributed by atoms with Crippen molar-refractivity contribution in [2.75, 3.05) is 0 Å². The molecule has 1 nitrogen and oxygen atoms in total. The smallest absolute Gasteiger partial charge is 0.135 e. The van der Waals surface area contributed by atoms with E-state index < -0.39 is 0 Å². The van der Waals surface area contributed by atoms with Crippen molar-refractivity contribution in [2.45, 2.75) is 6.92 Å². The van der Waals surface area contributed by atoms with Crippen molar-refractivity contribution in [3.63, 3.8) is 0 Å². The van der Waals surface area contributed by atoms with Gasteiger partial charge in [0.15, 0.2) is 0 Å². The SMILES string of the molecule is Cc1cc(Br)c2ccoc2c1. The van der Waals surface area contributed by atoms with Crippen molar-refractivity contribution in [2.24, 2.45) is 0 Å². The van der Waals surface area contributed by atoms with Gasteiger partial charge in [-0.1, -0.05) is 15.9 Å². The number of halogens is 1. The van der Waals surface area contributed by atoms with Gasteiger partial charge in [0.05, 0.1) is 6.26 Å². The molecule has 2 heteroatoms. The maximum atomic E-state index is 5.25. The van der Waals surface area contributed by atoms with Crippen molar-refractivity contribution in [3.8, 4) is 0 Å². The number of hydrogen-bond acceptors (Lipinski definition) is 1. The monoisotopic (exact) mass is 210 g/mol. The van der Waals surface area contributed by atoms with E-state index in [1.54, 1.807) is 6.26 Å². The van der Waals surface area contributed by atoms with Crippen LogP contribution in [0.3, 0.4) is 0 Å². The van der Waals surface area contributed by atoms with Crippen LogP contribution in [0.1, 0.15) is 5.56 Å². The minimum absolute atomic E-state index is 0.942. The van der Waals surface area contributed by atoms with E-state index in [1.807, 2.05) is 19.1 Å². The van der Waals surface area contributed by atoms with E-state index in [1.165, 1.54) is 5.56 Å². The second-order valence-electron chi connectivity index (χ2n) is 2.58. The van der Waals surface area contributed by atoms with E-state index in [0.717, 1.165) is 15.4 Å². The molecule has 2 rings (SSSR count). The molecular formula is C9H7BrO. The molecule has 11 heavy (non-hydrogen) atoms. The average Bonchev–Trinajstić information content (AvgIpc) is 2.34. The quantitative estimate of drug-likeness (QED) is 0.649. The number of aryl methyl sites for hydroxylation is 1. The van der Waals surface area contributed by atoms with Gasteiger partial charge in [-0.2, -0.15) is 0 Å². The highest BCUT2D eigenvalue weighted by Gasteiger charge is 2.00. The first-order valence-electron chi connectivity index (χ1n) is 3.41. The second-order valence-corrected chi connectivity index (χ2v) is 3.43. The Bertz CT molecular complexity index is 389. The lowest BCUT2D eigenvalue weighted by molar-refractivity contribution is 0.615. The molecule has 0 amide bonds. The zero-order chi connectivity index (χ0) is 7.84. The second kappa shape index (κ2) is 2.38. The lowest BCUT2D eigenvalue weighted by Gasteiger charge is -1.94. The van der Waals surface area contributed by atoms with Crippen LogP contribution >= 0.6 is 15.9 Å². The van der Waals surface area contributed by atoms with Crippen LogP contribution in [-0.2, 0) is 0 Å². The van der Waals surface area contributed by atoms with Crippen molar-refractivity contribution in [3.05, 3.63) is 34.5 Å². The van der Waals surface area contributed by atoms with Gasteiger partial charge >= 0.3 is 0 Å². The minimum atomic E-state index is 0.942. The fourth-order valence-corrected chi connectivity index (χ4v) is 1.84. The standard InChI is InChI=1S/C9H7BrO/c1-6-4-8(10)7-2-3-11-9(7)5-6/h2-5H,1H3. The summed E-state index contributed by atoms with van der Waals surface area (Å²) in [5.41, 5.74) is 2.15. The molecule has 0 atom stereocenters. The van der Waals surface area contributed by atoms with E-state index in [4.69, 9.17) is 4.42 Å². The van der Waals surface area contributed by atoms with Crippen molar-refractivity contribution < 1.29 is 4.42 Å². The van der Waals surface area contributed by atoms with Gasteiger partial charge in [-0.15, -0.1) is 0 Å². The molecule has 1 heterocycles. The third-order valence-electron chi connectivity index (χ3n) is 1.67. The lowest BCUT2D eigenvalue weighted by atomic mass is 10.2. The molecule has 56 valence electrons. The summed E-state index contributed by atoms with van der Waals surface area (Å²) in [5.74, 6) is 0. The Hall–Kier alpha value is -0.760. The molecule has 0 radical (unpaired) electrons. The Morgan fingerprint density at radius 1 is 1.36 bits per heavy atom. The van der Waals surface area contributed by atoms with Gasteiger partial charge in [0.2, 0.25) is 0 Å². The molecule has 0 saturated heterocycles. The van der Waals surface area contributed by atoms with Gasteiger partial charge in [0.25, 0.3) is 0 Å². The molecular weight excluding hydrogens is 204 g/mol. The Balaban J connectivity index is 2.91. The maximum absolute atomic E-state index is 5.25. The van der Waals surface area contributed by atoms with Crippen LogP contribution in [-0.4, -0.2) is 0 Å². The molecule has 0 bridgehead atoms. The van der Waals surface area contributed by atoms with Crippen molar-refractivity contribution in [1.82, 2.24) is 0 Å². The highest BCUT2D eigenvalue weighted by Crippen LogP contribution is 2.26. The first-order valence-corrected chi connectivity index (χ1v) is 4.20. The number of rotatable bonds is 0. The molecule has 0 aliphatic heterocycles. The van der Waals surface area contributed by atoms with Crippen molar-refractivity contribution in [1.29, 1.82) is 0 Å². The molecule has 0 N–H and O–H groups in total. The summed E-state index contributed by atoms with van der Waals surface area (Å²) in [5, 5.41) is 1.13. The largest absolute Gasteiger partial charge is 0.464 e. The molecule has 0 spiro atoms. The summed E-state index contributed by atoms with van der Waals surface area (Å²) in [4.78, 5) is 0. The first-order chi connectivity index (χ1) is 5.27. The summed E-state index contributed by atoms with van der Waals surface area (Å²) in [6, 6.07) is 6.07. The molecule has 1 aromatic carbocycles. The Morgan fingerprint density at radius 3 is 3.00 bits per heavy atom. The van der Waals surface area contributed by atoms with E-state index >= 15 is 0 Å². The van der Waals surface area contributed by atoms with Crippen LogP contribution in [0.25, 0.3) is 11.0 Å². The predicted molar refractivity (Wildman–Crippen MR) is 48.7 cm³/mol. The van der Waals surface area contributed by atoms with Crippen LogP contribution in [0.5, 0.6) is 0 Å². The van der Waals surface area contributed by atoms with Gasteiger partial charge in [0.1, 0.15) is 5.58 Å². The van der Waals surface area contributed by atoms with E-state index in [9.17, 15) is 0 Å². The van der Waals surface area contributed by atoms with Gasteiger partial charge in [-0.05, 0) is 30.7 Å². The highest BCUT2D eigenvalue weighted by atomic mass is 79.9. The molecule has 0 unspecified atom stereocenters. The topological polar surface area (TPSA) is 13.1 Å². The molecule has 0 aliphatic rings. The first kappa shape index (κ1) is 6.92. The number of furan rings is 1. The lowest BCUT2D eigenvalue weighted by Crippen LogP contribution is -1.72. The van der Waals surface area contributed by atoms with Gasteiger partial charge < -0.3 is 4.42 Å². The van der Waals surface area contributed by atoms with Crippen molar-refractivity contribution >= 4 is 26.9 Å². The third kappa shape index (κ3) is 1.07. The summed E-state index contributed by atoms with van der Waals surface area (Å²) in [6.45, 7) is 2.05. The third-order valence-corrected chi connectivity index (χ3v) is 2.32. The predicted octanol–water partition coefficient (Wildman–Crippen LogP) is 3.50. The Kier molecular flexibility index (Phi) is 1.50. The minimum Gasteiger partial charge on any atom is -0.464 e. The Morgan fingerprint density at radius 2 is 2.18 bits per heavy atom. The molecule has 0 fully saturated rings. The van der Waals surface area contributed by atoms with Crippen LogP contribution in [0.15, 0.2) is 33.4 Å². The summed E-state index contributed by atoms with van der Waals surface area (Å²) in [7, 11) is 0. The van der Waals surface area contributed by atoms with E-state index in [2.05, 4.69) is 22.0 Å². The van der Waals surface area contributed by atoms with Crippen LogP contribution in [0.4, 0.5) is 0 Å². The zero-order valence-electron chi connectivity index (χ0n) is 6.10. The van der Waals surface area contributed by atoms with Crippen LogP contribution < -0.4 is 0 Å². The number of benzene rings is 1. The van der Waals surface area contributed by atoms with Gasteiger partial charge in [-0.3, -0.25) is 0 Å². The van der Waals surface area contributed by atoms with Gasteiger partial charge in [0, 0.05) is 9.86 Å². The fourth-order valence-electron chi connectivity index (χ4n) is 1.16. The Labute approximate surface area is 73.1 Å². The fraction of sp³-hybridized carbons (Fsp3) is 0.111. The van der Waals surface area contributed by atoms with Gasteiger partial charge in [-0.25, -0.2) is 0 Å². The summed E-state index contributed by atoms with van der Waals surface area (Å²) >= 11 is 3.47. The highest BCUT2D eigenvalue weighted by molar-refractivity contribution is 9.10. The zero-order valence-corrected chi connectivity index (χ0v) is 7.68. The average molecular weight is 211 g/mol. The summed E-state index contributed by atoms with van der Waals surface area (Å²) in [6.07, 6.45) is 1.70. The van der Waals surface area contributed by atoms with E-state index in [-0.39, 0.29) is 0 Å². The molecule has 0 saturated carbocycles. The number of hydrogen-bond donors (Lipinski definition) is 0. The summed E-state index contributed by atoms with van der Waals surface area (Å²) < 4.78 is 6.35. The van der Waals surface area contributed by atoms with Crippen LogP contribution in [0.2, 0.25) is 0 Å². The maximum Gasteiger partial charge on any atom is 0.135 e. The van der Waals surface area contributed by atoms with Crippen LogP contribution in [0, 0.1) is 6.92 Å². The van der Waals surface area contributed by atoms with E-state index in [0.29, 0.717) is 0 Å².